The average Bonchev–Trinajstić information content (AvgIpc) is 3.35. The Bertz CT molecular complexity index is 700. The SMILES string of the molecule is CNC1CCN(C(=O)C2CCCN2C(=O)c2ccc3c(c2)OCO3)CC1. The second-order valence-corrected chi connectivity index (χ2v) is 7.11. The van der Waals surface area contributed by atoms with Gasteiger partial charge in [0.2, 0.25) is 12.7 Å². The van der Waals surface area contributed by atoms with Gasteiger partial charge in [-0.05, 0) is 50.9 Å². The van der Waals surface area contributed by atoms with Crippen LogP contribution in [0.25, 0.3) is 0 Å². The number of carbonyl (C=O) groups excluding carboxylic acids is 2. The molecule has 26 heavy (non-hydrogen) atoms. The molecule has 1 aromatic rings. The van der Waals surface area contributed by atoms with Crippen LogP contribution < -0.4 is 14.8 Å². The standard InChI is InChI=1S/C19H25N3O4/c1-20-14-6-9-21(10-7-14)19(24)15-3-2-8-22(15)18(23)13-4-5-16-17(11-13)26-12-25-16/h4-5,11,14-15,20H,2-3,6-10,12H2,1H3. The van der Waals surface area contributed by atoms with Crippen LogP contribution in [0.2, 0.25) is 0 Å². The summed E-state index contributed by atoms with van der Waals surface area (Å²) in [7, 11) is 1.96. The van der Waals surface area contributed by atoms with Crippen molar-refractivity contribution in [1.29, 1.82) is 0 Å². The fourth-order valence-corrected chi connectivity index (χ4v) is 4.06. The minimum absolute atomic E-state index is 0.0890. The van der Waals surface area contributed by atoms with Gasteiger partial charge >= 0.3 is 0 Å². The van der Waals surface area contributed by atoms with E-state index in [4.69, 9.17) is 9.47 Å². The molecule has 0 aromatic heterocycles. The van der Waals surface area contributed by atoms with E-state index in [2.05, 4.69) is 5.32 Å². The second kappa shape index (κ2) is 7.15. The fraction of sp³-hybridized carbons (Fsp3) is 0.579. The van der Waals surface area contributed by atoms with E-state index < -0.39 is 0 Å². The maximum absolute atomic E-state index is 13.0. The van der Waals surface area contributed by atoms with Crippen LogP contribution in [0, 0.1) is 0 Å². The molecule has 2 saturated heterocycles. The zero-order valence-corrected chi connectivity index (χ0v) is 15.1. The molecular formula is C19H25N3O4. The molecule has 7 heteroatoms. The molecule has 2 fully saturated rings. The molecular weight excluding hydrogens is 334 g/mol. The van der Waals surface area contributed by atoms with Crippen molar-refractivity contribution in [3.05, 3.63) is 23.8 Å². The van der Waals surface area contributed by atoms with E-state index in [1.165, 1.54) is 0 Å². The van der Waals surface area contributed by atoms with Crippen LogP contribution in [-0.4, -0.2) is 67.2 Å². The first-order chi connectivity index (χ1) is 12.7. The largest absolute Gasteiger partial charge is 0.454 e. The topological polar surface area (TPSA) is 71.1 Å². The molecule has 4 rings (SSSR count). The third-order valence-electron chi connectivity index (χ3n) is 5.63. The number of ether oxygens (including phenoxy) is 2. The third kappa shape index (κ3) is 3.11. The summed E-state index contributed by atoms with van der Waals surface area (Å²) in [6.45, 7) is 2.32. The van der Waals surface area contributed by atoms with Crippen molar-refractivity contribution in [3.63, 3.8) is 0 Å². The number of hydrogen-bond acceptors (Lipinski definition) is 5. The summed E-state index contributed by atoms with van der Waals surface area (Å²) in [6.07, 6.45) is 3.52. The number of nitrogens with one attached hydrogen (secondary N) is 1. The Morgan fingerprint density at radius 3 is 2.62 bits per heavy atom. The molecule has 0 spiro atoms. The van der Waals surface area contributed by atoms with E-state index in [1.807, 2.05) is 11.9 Å². The maximum Gasteiger partial charge on any atom is 0.254 e. The Balaban J connectivity index is 1.46. The lowest BCUT2D eigenvalue weighted by Crippen LogP contribution is -2.51. The zero-order valence-electron chi connectivity index (χ0n) is 15.1. The predicted octanol–water partition coefficient (Wildman–Crippen LogP) is 1.23. The monoisotopic (exact) mass is 359 g/mol. The molecule has 3 aliphatic rings. The number of benzene rings is 1. The lowest BCUT2D eigenvalue weighted by atomic mass is 10.0. The van der Waals surface area contributed by atoms with Gasteiger partial charge in [0.25, 0.3) is 5.91 Å². The van der Waals surface area contributed by atoms with Crippen molar-refractivity contribution in [2.24, 2.45) is 0 Å². The lowest BCUT2D eigenvalue weighted by molar-refractivity contribution is -0.136. The molecule has 1 aromatic carbocycles. The van der Waals surface area contributed by atoms with E-state index in [0.717, 1.165) is 38.8 Å². The average molecular weight is 359 g/mol. The van der Waals surface area contributed by atoms with Crippen LogP contribution in [0.5, 0.6) is 11.5 Å². The van der Waals surface area contributed by atoms with Crippen molar-refractivity contribution in [3.8, 4) is 11.5 Å². The molecule has 0 aliphatic carbocycles. The lowest BCUT2D eigenvalue weighted by Gasteiger charge is -2.35. The smallest absolute Gasteiger partial charge is 0.254 e. The van der Waals surface area contributed by atoms with Gasteiger partial charge in [0.05, 0.1) is 0 Å². The van der Waals surface area contributed by atoms with Crippen molar-refractivity contribution in [1.82, 2.24) is 15.1 Å². The summed E-state index contributed by atoms with van der Waals surface area (Å²) >= 11 is 0. The van der Waals surface area contributed by atoms with Crippen LogP contribution in [0.4, 0.5) is 0 Å². The van der Waals surface area contributed by atoms with Crippen LogP contribution in [-0.2, 0) is 4.79 Å². The van der Waals surface area contributed by atoms with Gasteiger partial charge in [-0.15, -0.1) is 0 Å². The molecule has 1 atom stereocenters. The number of fused-ring (bicyclic) bond motifs is 1. The predicted molar refractivity (Wildman–Crippen MR) is 95.3 cm³/mol. The van der Waals surface area contributed by atoms with Crippen LogP contribution in [0.1, 0.15) is 36.0 Å². The van der Waals surface area contributed by atoms with Gasteiger partial charge in [0.15, 0.2) is 11.5 Å². The van der Waals surface area contributed by atoms with Gasteiger partial charge in [-0.2, -0.15) is 0 Å². The van der Waals surface area contributed by atoms with Crippen LogP contribution >= 0.6 is 0 Å². The highest BCUT2D eigenvalue weighted by Crippen LogP contribution is 2.33. The highest BCUT2D eigenvalue weighted by Gasteiger charge is 2.38. The number of amides is 2. The Morgan fingerprint density at radius 2 is 1.85 bits per heavy atom. The summed E-state index contributed by atoms with van der Waals surface area (Å²) in [5.74, 6) is 1.23. The van der Waals surface area contributed by atoms with E-state index in [-0.39, 0.29) is 24.6 Å². The summed E-state index contributed by atoms with van der Waals surface area (Å²) < 4.78 is 10.7. The molecule has 3 aliphatic heterocycles. The number of carbonyl (C=O) groups is 2. The summed E-state index contributed by atoms with van der Waals surface area (Å²) in [4.78, 5) is 29.6. The molecule has 1 N–H and O–H groups in total. The first-order valence-corrected chi connectivity index (χ1v) is 9.34. The number of rotatable bonds is 3. The van der Waals surface area contributed by atoms with Crippen molar-refractivity contribution < 1.29 is 19.1 Å². The summed E-state index contributed by atoms with van der Waals surface area (Å²) in [5, 5.41) is 3.28. The Kier molecular flexibility index (Phi) is 4.72. The van der Waals surface area contributed by atoms with Crippen LogP contribution in [0.3, 0.4) is 0 Å². The molecule has 0 saturated carbocycles. The Labute approximate surface area is 153 Å². The minimum atomic E-state index is -0.348. The Hall–Kier alpha value is -2.28. The second-order valence-electron chi connectivity index (χ2n) is 7.11. The van der Waals surface area contributed by atoms with Crippen molar-refractivity contribution in [2.45, 2.75) is 37.8 Å². The van der Waals surface area contributed by atoms with Crippen LogP contribution in [0.15, 0.2) is 18.2 Å². The first kappa shape index (κ1) is 17.1. The summed E-state index contributed by atoms with van der Waals surface area (Å²) in [5.41, 5.74) is 0.544. The van der Waals surface area contributed by atoms with Gasteiger partial charge < -0.3 is 24.6 Å². The van der Waals surface area contributed by atoms with Crippen molar-refractivity contribution >= 4 is 11.8 Å². The normalized spacial score (nSPS) is 22.7. The number of hydrogen-bond donors (Lipinski definition) is 1. The van der Waals surface area contributed by atoms with Crippen molar-refractivity contribution in [2.75, 3.05) is 33.5 Å². The van der Waals surface area contributed by atoms with Gasteiger partial charge in [0.1, 0.15) is 6.04 Å². The number of likely N-dealkylation sites (tertiary alicyclic amines) is 2. The minimum Gasteiger partial charge on any atom is -0.454 e. The first-order valence-electron chi connectivity index (χ1n) is 9.34. The van der Waals surface area contributed by atoms with E-state index in [1.54, 1.807) is 23.1 Å². The highest BCUT2D eigenvalue weighted by molar-refractivity contribution is 5.98. The van der Waals surface area contributed by atoms with E-state index in [9.17, 15) is 9.59 Å². The molecule has 0 radical (unpaired) electrons. The maximum atomic E-state index is 13.0. The molecule has 0 bridgehead atoms. The zero-order chi connectivity index (χ0) is 18.1. The Morgan fingerprint density at radius 1 is 1.08 bits per heavy atom. The molecule has 2 amide bonds. The van der Waals surface area contributed by atoms with E-state index >= 15 is 0 Å². The highest BCUT2D eigenvalue weighted by atomic mass is 16.7. The number of piperidine rings is 1. The molecule has 140 valence electrons. The third-order valence-corrected chi connectivity index (χ3v) is 5.63. The number of nitrogens with zero attached hydrogens (tertiary/aromatic N) is 2. The van der Waals surface area contributed by atoms with Gasteiger partial charge in [0, 0.05) is 31.2 Å². The molecule has 1 unspecified atom stereocenters. The quantitative estimate of drug-likeness (QED) is 0.879. The van der Waals surface area contributed by atoms with E-state index in [0.29, 0.717) is 29.6 Å². The fourth-order valence-electron chi connectivity index (χ4n) is 4.06. The van der Waals surface area contributed by atoms with Gasteiger partial charge in [-0.1, -0.05) is 0 Å². The summed E-state index contributed by atoms with van der Waals surface area (Å²) in [6, 6.07) is 5.34. The van der Waals surface area contributed by atoms with Gasteiger partial charge in [-0.3, -0.25) is 9.59 Å². The van der Waals surface area contributed by atoms with Gasteiger partial charge in [-0.25, -0.2) is 0 Å². The molecule has 3 heterocycles. The molecule has 7 nitrogen and oxygen atoms in total.